The van der Waals surface area contributed by atoms with Gasteiger partial charge in [0, 0.05) is 16.1 Å². The van der Waals surface area contributed by atoms with E-state index in [1.54, 1.807) is 9.80 Å². The monoisotopic (exact) mass is 302 g/mol. The minimum absolute atomic E-state index is 0.847. The lowest BCUT2D eigenvalue weighted by atomic mass is 10.1. The van der Waals surface area contributed by atoms with Crippen molar-refractivity contribution in [3.63, 3.8) is 0 Å². The topological polar surface area (TPSA) is 8.88 Å². The van der Waals surface area contributed by atoms with Crippen molar-refractivity contribution in [2.45, 2.75) is 13.1 Å². The van der Waals surface area contributed by atoms with Crippen LogP contribution >= 0.6 is 11.6 Å². The highest BCUT2D eigenvalue weighted by molar-refractivity contribution is 6.30. The average Bonchev–Trinajstić information content (AvgIpc) is 2.50. The molecule has 1 fully saturated rings. The van der Waals surface area contributed by atoms with Crippen LogP contribution in [0.3, 0.4) is 0 Å². The molecule has 3 rings (SSSR count). The molecular formula is C18H23ClN2+2. The summed E-state index contributed by atoms with van der Waals surface area (Å²) in [6.07, 6.45) is 0. The minimum atomic E-state index is 0.847. The molecule has 0 saturated carbocycles. The van der Waals surface area contributed by atoms with Gasteiger partial charge in [0.2, 0.25) is 0 Å². The van der Waals surface area contributed by atoms with Crippen molar-refractivity contribution in [1.29, 1.82) is 0 Å². The van der Waals surface area contributed by atoms with Crippen LogP contribution in [0, 0.1) is 0 Å². The minimum Gasteiger partial charge on any atom is -0.322 e. The SMILES string of the molecule is Clc1cccc(C[NH+]2CC[NH+](Cc3ccccc3)CC2)c1. The molecule has 2 nitrogen and oxygen atoms in total. The lowest BCUT2D eigenvalue weighted by Gasteiger charge is -2.29. The third-order valence-electron chi connectivity index (χ3n) is 4.30. The fourth-order valence-corrected chi connectivity index (χ4v) is 3.34. The van der Waals surface area contributed by atoms with Crippen LogP contribution in [0.15, 0.2) is 54.6 Å². The summed E-state index contributed by atoms with van der Waals surface area (Å²) in [5.74, 6) is 0. The zero-order chi connectivity index (χ0) is 14.5. The molecule has 0 spiro atoms. The van der Waals surface area contributed by atoms with Gasteiger partial charge in [0.15, 0.2) is 0 Å². The van der Waals surface area contributed by atoms with Crippen LogP contribution < -0.4 is 9.80 Å². The van der Waals surface area contributed by atoms with Crippen LogP contribution in [0.2, 0.25) is 5.02 Å². The number of nitrogens with one attached hydrogen (secondary N) is 2. The maximum atomic E-state index is 6.06. The molecule has 0 unspecified atom stereocenters. The van der Waals surface area contributed by atoms with E-state index >= 15 is 0 Å². The largest absolute Gasteiger partial charge is 0.322 e. The van der Waals surface area contributed by atoms with Gasteiger partial charge in [0.05, 0.1) is 0 Å². The van der Waals surface area contributed by atoms with Gasteiger partial charge in [-0.1, -0.05) is 54.1 Å². The lowest BCUT2D eigenvalue weighted by molar-refractivity contribution is -1.02. The van der Waals surface area contributed by atoms with Gasteiger partial charge in [-0.05, 0) is 12.1 Å². The first-order valence-electron chi connectivity index (χ1n) is 7.75. The van der Waals surface area contributed by atoms with Crippen LogP contribution in [-0.4, -0.2) is 26.2 Å². The normalized spacial score (nSPS) is 22.1. The smallest absolute Gasteiger partial charge is 0.127 e. The van der Waals surface area contributed by atoms with E-state index in [4.69, 9.17) is 11.6 Å². The Balaban J connectivity index is 1.49. The van der Waals surface area contributed by atoms with Crippen LogP contribution in [0.4, 0.5) is 0 Å². The van der Waals surface area contributed by atoms with Crippen LogP contribution in [0.5, 0.6) is 0 Å². The molecule has 0 radical (unpaired) electrons. The Morgan fingerprint density at radius 3 is 1.90 bits per heavy atom. The van der Waals surface area contributed by atoms with E-state index in [-0.39, 0.29) is 0 Å². The predicted molar refractivity (Wildman–Crippen MR) is 86.7 cm³/mol. The van der Waals surface area contributed by atoms with Crippen molar-refractivity contribution < 1.29 is 9.80 Å². The molecule has 2 N–H and O–H groups in total. The van der Waals surface area contributed by atoms with E-state index < -0.39 is 0 Å². The number of quaternary nitrogens is 2. The number of hydrogen-bond donors (Lipinski definition) is 2. The molecule has 2 aromatic rings. The molecule has 1 aliphatic rings. The molecule has 21 heavy (non-hydrogen) atoms. The van der Waals surface area contributed by atoms with Gasteiger partial charge in [0.1, 0.15) is 39.3 Å². The summed E-state index contributed by atoms with van der Waals surface area (Å²) in [6.45, 7) is 7.25. The third kappa shape index (κ3) is 4.31. The van der Waals surface area contributed by atoms with Crippen molar-refractivity contribution in [1.82, 2.24) is 0 Å². The summed E-state index contributed by atoms with van der Waals surface area (Å²) in [6, 6.07) is 19.1. The highest BCUT2D eigenvalue weighted by Gasteiger charge is 2.22. The maximum absolute atomic E-state index is 6.06. The number of benzene rings is 2. The first-order chi connectivity index (χ1) is 10.3. The first kappa shape index (κ1) is 14.6. The van der Waals surface area contributed by atoms with Gasteiger partial charge in [-0.2, -0.15) is 0 Å². The Bertz CT molecular complexity index is 562. The van der Waals surface area contributed by atoms with E-state index in [0.29, 0.717) is 0 Å². The van der Waals surface area contributed by atoms with E-state index in [1.807, 2.05) is 12.1 Å². The number of rotatable bonds is 4. The van der Waals surface area contributed by atoms with Gasteiger partial charge >= 0.3 is 0 Å². The summed E-state index contributed by atoms with van der Waals surface area (Å²) in [5.41, 5.74) is 2.80. The second-order valence-electron chi connectivity index (χ2n) is 5.97. The van der Waals surface area contributed by atoms with Crippen LogP contribution in [0.25, 0.3) is 0 Å². The van der Waals surface area contributed by atoms with Crippen molar-refractivity contribution >= 4 is 11.6 Å². The lowest BCUT2D eigenvalue weighted by Crippen LogP contribution is -3.27. The Labute approximate surface area is 131 Å². The highest BCUT2D eigenvalue weighted by Crippen LogP contribution is 2.09. The van der Waals surface area contributed by atoms with Crippen molar-refractivity contribution in [3.8, 4) is 0 Å². The summed E-state index contributed by atoms with van der Waals surface area (Å²) in [7, 11) is 0. The van der Waals surface area contributed by atoms with E-state index in [2.05, 4.69) is 42.5 Å². The van der Waals surface area contributed by atoms with Gasteiger partial charge in [-0.25, -0.2) is 0 Å². The second-order valence-corrected chi connectivity index (χ2v) is 6.41. The average molecular weight is 303 g/mol. The maximum Gasteiger partial charge on any atom is 0.127 e. The third-order valence-corrected chi connectivity index (χ3v) is 4.54. The van der Waals surface area contributed by atoms with Crippen LogP contribution in [0.1, 0.15) is 11.1 Å². The number of halogens is 1. The summed E-state index contributed by atoms with van der Waals surface area (Å²) in [4.78, 5) is 3.38. The molecule has 0 aromatic heterocycles. The number of piperazine rings is 1. The molecule has 110 valence electrons. The van der Waals surface area contributed by atoms with E-state index in [1.165, 1.54) is 37.3 Å². The highest BCUT2D eigenvalue weighted by atomic mass is 35.5. The van der Waals surface area contributed by atoms with Gasteiger partial charge in [-0.3, -0.25) is 0 Å². The summed E-state index contributed by atoms with van der Waals surface area (Å²) in [5, 5.41) is 0.847. The molecular weight excluding hydrogens is 280 g/mol. The Morgan fingerprint density at radius 1 is 0.714 bits per heavy atom. The van der Waals surface area contributed by atoms with Gasteiger partial charge in [-0.15, -0.1) is 0 Å². The van der Waals surface area contributed by atoms with Crippen molar-refractivity contribution in [3.05, 3.63) is 70.7 Å². The fraction of sp³-hybridized carbons (Fsp3) is 0.333. The standard InChI is InChI=1S/C18H21ClN2/c19-18-8-4-7-17(13-18)15-21-11-9-20(10-12-21)14-16-5-2-1-3-6-16/h1-8,13H,9-12,14-15H2/p+2. The molecule has 0 aliphatic carbocycles. The molecule has 2 aromatic carbocycles. The van der Waals surface area contributed by atoms with Crippen LogP contribution in [-0.2, 0) is 13.1 Å². The molecule has 0 atom stereocenters. The molecule has 0 bridgehead atoms. The zero-order valence-corrected chi connectivity index (χ0v) is 13.1. The Hall–Kier alpha value is -1.35. The zero-order valence-electron chi connectivity index (χ0n) is 12.3. The van der Waals surface area contributed by atoms with E-state index in [9.17, 15) is 0 Å². The van der Waals surface area contributed by atoms with Gasteiger partial charge in [0.25, 0.3) is 0 Å². The summed E-state index contributed by atoms with van der Waals surface area (Å²) < 4.78 is 0. The van der Waals surface area contributed by atoms with Crippen molar-refractivity contribution in [2.24, 2.45) is 0 Å². The summed E-state index contributed by atoms with van der Waals surface area (Å²) >= 11 is 6.06. The molecule has 1 aliphatic heterocycles. The molecule has 0 amide bonds. The van der Waals surface area contributed by atoms with Crippen molar-refractivity contribution in [2.75, 3.05) is 26.2 Å². The van der Waals surface area contributed by atoms with E-state index in [0.717, 1.165) is 18.1 Å². The predicted octanol–water partition coefficient (Wildman–Crippen LogP) is 0.824. The molecule has 1 heterocycles. The molecule has 3 heteroatoms. The Kier molecular flexibility index (Phi) is 4.91. The molecule has 1 saturated heterocycles. The van der Waals surface area contributed by atoms with Gasteiger partial charge < -0.3 is 9.80 Å². The fourth-order valence-electron chi connectivity index (χ4n) is 3.13. The number of hydrogen-bond acceptors (Lipinski definition) is 0. The Morgan fingerprint density at radius 2 is 1.29 bits per heavy atom. The first-order valence-corrected chi connectivity index (χ1v) is 8.13. The second kappa shape index (κ2) is 7.08. The quantitative estimate of drug-likeness (QED) is 0.828.